The SMILES string of the molecule is O=C(c1ccccc1)N1CC[NH+](Cc2ccccc2Cl)CC1. The third kappa shape index (κ3) is 3.49. The fourth-order valence-electron chi connectivity index (χ4n) is 2.88. The first-order valence-electron chi connectivity index (χ1n) is 7.65. The Morgan fingerprint density at radius 2 is 1.64 bits per heavy atom. The Bertz CT molecular complexity index is 637. The van der Waals surface area contributed by atoms with Gasteiger partial charge in [-0.05, 0) is 18.2 Å². The van der Waals surface area contributed by atoms with Crippen LogP contribution in [0, 0.1) is 0 Å². The van der Waals surface area contributed by atoms with Gasteiger partial charge in [-0.15, -0.1) is 0 Å². The number of benzene rings is 2. The highest BCUT2D eigenvalue weighted by Crippen LogP contribution is 2.13. The summed E-state index contributed by atoms with van der Waals surface area (Å²) in [5.74, 6) is 0.136. The zero-order chi connectivity index (χ0) is 15.4. The molecule has 1 aliphatic heterocycles. The molecular weight excluding hydrogens is 296 g/mol. The summed E-state index contributed by atoms with van der Waals surface area (Å²) < 4.78 is 0. The number of amides is 1. The molecule has 0 saturated carbocycles. The van der Waals surface area contributed by atoms with E-state index in [9.17, 15) is 4.79 Å². The zero-order valence-electron chi connectivity index (χ0n) is 12.5. The van der Waals surface area contributed by atoms with Crippen LogP contribution in [-0.2, 0) is 6.54 Å². The topological polar surface area (TPSA) is 24.8 Å². The largest absolute Gasteiger partial charge is 0.328 e. The third-order valence-electron chi connectivity index (χ3n) is 4.18. The second-order valence-electron chi connectivity index (χ2n) is 5.68. The number of piperazine rings is 1. The zero-order valence-corrected chi connectivity index (χ0v) is 13.2. The molecular formula is C18H20ClN2O+. The van der Waals surface area contributed by atoms with E-state index >= 15 is 0 Å². The lowest BCUT2D eigenvalue weighted by Gasteiger charge is -2.32. The van der Waals surface area contributed by atoms with Crippen molar-refractivity contribution >= 4 is 17.5 Å². The van der Waals surface area contributed by atoms with Gasteiger partial charge in [0, 0.05) is 16.1 Å². The maximum absolute atomic E-state index is 12.4. The molecule has 1 amide bonds. The molecule has 3 rings (SSSR count). The summed E-state index contributed by atoms with van der Waals surface area (Å²) >= 11 is 6.22. The van der Waals surface area contributed by atoms with Crippen molar-refractivity contribution in [2.24, 2.45) is 0 Å². The fourth-order valence-corrected chi connectivity index (χ4v) is 3.08. The molecule has 0 atom stereocenters. The lowest BCUT2D eigenvalue weighted by Crippen LogP contribution is -3.13. The summed E-state index contributed by atoms with van der Waals surface area (Å²) in [5.41, 5.74) is 1.96. The Labute approximate surface area is 136 Å². The van der Waals surface area contributed by atoms with Crippen LogP contribution in [-0.4, -0.2) is 37.0 Å². The molecule has 22 heavy (non-hydrogen) atoms. The molecule has 114 valence electrons. The number of rotatable bonds is 3. The van der Waals surface area contributed by atoms with Crippen molar-refractivity contribution < 1.29 is 9.69 Å². The van der Waals surface area contributed by atoms with Gasteiger partial charge in [-0.2, -0.15) is 0 Å². The fraction of sp³-hybridized carbons (Fsp3) is 0.278. The summed E-state index contributed by atoms with van der Waals surface area (Å²) in [6.07, 6.45) is 0. The average molecular weight is 316 g/mol. The Morgan fingerprint density at radius 1 is 1.00 bits per heavy atom. The number of nitrogens with one attached hydrogen (secondary N) is 1. The molecule has 0 bridgehead atoms. The average Bonchev–Trinajstić information content (AvgIpc) is 2.58. The van der Waals surface area contributed by atoms with Crippen molar-refractivity contribution in [3.05, 3.63) is 70.7 Å². The number of halogens is 1. The van der Waals surface area contributed by atoms with Crippen molar-refractivity contribution in [2.75, 3.05) is 26.2 Å². The van der Waals surface area contributed by atoms with Crippen LogP contribution >= 0.6 is 11.6 Å². The highest BCUT2D eigenvalue weighted by Gasteiger charge is 2.24. The first kappa shape index (κ1) is 15.1. The Morgan fingerprint density at radius 3 is 2.32 bits per heavy atom. The predicted octanol–water partition coefficient (Wildman–Crippen LogP) is 1.88. The monoisotopic (exact) mass is 315 g/mol. The van der Waals surface area contributed by atoms with E-state index in [1.165, 1.54) is 10.5 Å². The van der Waals surface area contributed by atoms with Gasteiger partial charge in [-0.3, -0.25) is 4.79 Å². The minimum absolute atomic E-state index is 0.136. The van der Waals surface area contributed by atoms with Crippen LogP contribution in [0.4, 0.5) is 0 Å². The van der Waals surface area contributed by atoms with E-state index < -0.39 is 0 Å². The van der Waals surface area contributed by atoms with Crippen LogP contribution in [0.25, 0.3) is 0 Å². The lowest BCUT2D eigenvalue weighted by molar-refractivity contribution is -0.917. The van der Waals surface area contributed by atoms with Crippen LogP contribution in [0.15, 0.2) is 54.6 Å². The van der Waals surface area contributed by atoms with Gasteiger partial charge in [0.15, 0.2) is 0 Å². The van der Waals surface area contributed by atoms with Crippen LogP contribution in [0.3, 0.4) is 0 Å². The summed E-state index contributed by atoms with van der Waals surface area (Å²) in [7, 11) is 0. The second kappa shape index (κ2) is 6.95. The summed E-state index contributed by atoms with van der Waals surface area (Å²) in [6, 6.07) is 17.5. The Hall–Kier alpha value is -1.84. The lowest BCUT2D eigenvalue weighted by atomic mass is 10.1. The highest BCUT2D eigenvalue weighted by molar-refractivity contribution is 6.31. The minimum Gasteiger partial charge on any atom is -0.328 e. The summed E-state index contributed by atoms with van der Waals surface area (Å²) in [4.78, 5) is 15.8. The molecule has 2 aromatic carbocycles. The van der Waals surface area contributed by atoms with Crippen LogP contribution in [0.1, 0.15) is 15.9 Å². The van der Waals surface area contributed by atoms with Gasteiger partial charge in [0.1, 0.15) is 6.54 Å². The van der Waals surface area contributed by atoms with Crippen molar-refractivity contribution in [3.8, 4) is 0 Å². The molecule has 1 aliphatic rings. The van der Waals surface area contributed by atoms with E-state index in [2.05, 4.69) is 6.07 Å². The molecule has 3 nitrogen and oxygen atoms in total. The summed E-state index contributed by atoms with van der Waals surface area (Å²) in [6.45, 7) is 4.45. The molecule has 0 spiro atoms. The third-order valence-corrected chi connectivity index (χ3v) is 4.55. The van der Waals surface area contributed by atoms with E-state index in [0.29, 0.717) is 0 Å². The van der Waals surface area contributed by atoms with Crippen LogP contribution < -0.4 is 4.90 Å². The van der Waals surface area contributed by atoms with Crippen LogP contribution in [0.5, 0.6) is 0 Å². The second-order valence-corrected chi connectivity index (χ2v) is 6.08. The van der Waals surface area contributed by atoms with Crippen molar-refractivity contribution in [2.45, 2.75) is 6.54 Å². The van der Waals surface area contributed by atoms with Gasteiger partial charge in [-0.1, -0.05) is 48.0 Å². The first-order chi connectivity index (χ1) is 10.7. The Kier molecular flexibility index (Phi) is 4.76. The Balaban J connectivity index is 1.57. The first-order valence-corrected chi connectivity index (χ1v) is 8.03. The van der Waals surface area contributed by atoms with Crippen molar-refractivity contribution in [1.29, 1.82) is 0 Å². The van der Waals surface area contributed by atoms with Gasteiger partial charge in [0.25, 0.3) is 5.91 Å². The maximum atomic E-state index is 12.4. The quantitative estimate of drug-likeness (QED) is 0.919. The van der Waals surface area contributed by atoms with E-state index in [4.69, 9.17) is 11.6 Å². The smallest absolute Gasteiger partial charge is 0.254 e. The molecule has 0 aromatic heterocycles. The number of carbonyl (C=O) groups is 1. The molecule has 0 aliphatic carbocycles. The molecule has 0 unspecified atom stereocenters. The van der Waals surface area contributed by atoms with Gasteiger partial charge in [0.2, 0.25) is 0 Å². The molecule has 1 saturated heterocycles. The molecule has 1 fully saturated rings. The van der Waals surface area contributed by atoms with E-state index in [-0.39, 0.29) is 5.91 Å². The van der Waals surface area contributed by atoms with E-state index in [1.54, 1.807) is 0 Å². The van der Waals surface area contributed by atoms with Crippen molar-refractivity contribution in [1.82, 2.24) is 4.90 Å². The number of nitrogens with zero attached hydrogens (tertiary/aromatic N) is 1. The minimum atomic E-state index is 0.136. The number of quaternary nitrogens is 1. The van der Waals surface area contributed by atoms with Crippen molar-refractivity contribution in [3.63, 3.8) is 0 Å². The number of carbonyl (C=O) groups excluding carboxylic acids is 1. The van der Waals surface area contributed by atoms with Gasteiger partial charge in [0.05, 0.1) is 26.2 Å². The predicted molar refractivity (Wildman–Crippen MR) is 88.2 cm³/mol. The van der Waals surface area contributed by atoms with Gasteiger partial charge < -0.3 is 9.80 Å². The number of hydrogen-bond donors (Lipinski definition) is 1. The molecule has 0 radical (unpaired) electrons. The highest BCUT2D eigenvalue weighted by atomic mass is 35.5. The van der Waals surface area contributed by atoms with Gasteiger partial charge in [-0.25, -0.2) is 0 Å². The molecule has 4 heteroatoms. The molecule has 2 aromatic rings. The summed E-state index contributed by atoms with van der Waals surface area (Å²) in [5, 5.41) is 0.831. The van der Waals surface area contributed by atoms with E-state index in [1.807, 2.05) is 53.4 Å². The normalized spacial score (nSPS) is 15.8. The molecule has 1 N–H and O–H groups in total. The standard InChI is InChI=1S/C18H19ClN2O/c19-17-9-5-4-8-16(17)14-20-10-12-21(13-11-20)18(22)15-6-2-1-3-7-15/h1-9H,10-14H2/p+1. The van der Waals surface area contributed by atoms with Crippen LogP contribution in [0.2, 0.25) is 5.02 Å². The number of hydrogen-bond acceptors (Lipinski definition) is 1. The maximum Gasteiger partial charge on any atom is 0.254 e. The van der Waals surface area contributed by atoms with Gasteiger partial charge >= 0.3 is 0 Å². The van der Waals surface area contributed by atoms with E-state index in [0.717, 1.165) is 43.3 Å². The molecule has 1 heterocycles.